The molecule has 2 heteroatoms. The van der Waals surface area contributed by atoms with E-state index in [1.54, 1.807) is 14.1 Å². The molecule has 0 spiro atoms. The molecule has 2 atom stereocenters. The molecule has 1 aromatic carbocycles. The maximum atomic E-state index is 2.54. The Labute approximate surface area is 137 Å². The van der Waals surface area contributed by atoms with E-state index in [9.17, 15) is 0 Å². The van der Waals surface area contributed by atoms with Gasteiger partial charge in [0.15, 0.2) is 0 Å². The first-order valence-electron chi connectivity index (χ1n) is 7.04. The Balaban J connectivity index is 1.78. The molecule has 4 rings (SSSR count). The number of hydrogen-bond donors (Lipinski definition) is 0. The highest BCUT2D eigenvalue weighted by molar-refractivity contribution is 14.1. The molecule has 1 heterocycles. The highest BCUT2D eigenvalue weighted by Gasteiger charge is 2.39. The van der Waals surface area contributed by atoms with Crippen LogP contribution in [-0.2, 0) is 0 Å². The molecular weight excluding hydrogens is 375 g/mol. The molecule has 100 valence electrons. The molecule has 0 nitrogen and oxygen atoms in total. The van der Waals surface area contributed by atoms with Crippen molar-refractivity contribution in [1.82, 2.24) is 0 Å². The Morgan fingerprint density at radius 2 is 1.95 bits per heavy atom. The Morgan fingerprint density at radius 1 is 1.10 bits per heavy atom. The van der Waals surface area contributed by atoms with Crippen molar-refractivity contribution in [3.63, 3.8) is 0 Å². The van der Waals surface area contributed by atoms with Gasteiger partial charge in [-0.1, -0.05) is 54.6 Å². The molecule has 0 N–H and O–H groups in total. The van der Waals surface area contributed by atoms with Gasteiger partial charge in [0, 0.05) is 19.7 Å². The van der Waals surface area contributed by atoms with Crippen molar-refractivity contribution >= 4 is 39.9 Å². The molecule has 1 fully saturated rings. The fourth-order valence-corrected chi connectivity index (χ4v) is 5.80. The van der Waals surface area contributed by atoms with Gasteiger partial charge in [0.05, 0.1) is 0 Å². The van der Waals surface area contributed by atoms with Gasteiger partial charge in [0.2, 0.25) is 0 Å². The lowest BCUT2D eigenvalue weighted by Crippen LogP contribution is -2.15. The van der Waals surface area contributed by atoms with Crippen LogP contribution in [0.1, 0.15) is 18.4 Å². The van der Waals surface area contributed by atoms with Crippen LogP contribution in [0.3, 0.4) is 0 Å². The van der Waals surface area contributed by atoms with Crippen molar-refractivity contribution in [3.05, 3.63) is 74.3 Å². The van der Waals surface area contributed by atoms with Crippen molar-refractivity contribution < 1.29 is 0 Å². The minimum absolute atomic E-state index is 0.562. The van der Waals surface area contributed by atoms with Crippen LogP contribution in [0.2, 0.25) is 0 Å². The zero-order valence-electron chi connectivity index (χ0n) is 11.1. The van der Waals surface area contributed by atoms with E-state index in [2.05, 4.69) is 89.0 Å². The van der Waals surface area contributed by atoms with E-state index in [1.807, 2.05) is 0 Å². The number of rotatable bonds is 1. The second-order valence-corrected chi connectivity index (χ2v) is 7.82. The lowest BCUT2D eigenvalue weighted by atomic mass is 9.83. The van der Waals surface area contributed by atoms with Crippen LogP contribution in [0.4, 0.5) is 0 Å². The van der Waals surface area contributed by atoms with Crippen LogP contribution < -0.4 is 0 Å². The fraction of sp³-hybridized carbons (Fsp3) is 0.222. The first-order valence-corrected chi connectivity index (χ1v) is 9.00. The summed E-state index contributed by atoms with van der Waals surface area (Å²) in [5.74, 6) is 0.570. The average molecular weight is 390 g/mol. The molecule has 0 radical (unpaired) electrons. The van der Waals surface area contributed by atoms with Crippen molar-refractivity contribution in [1.29, 1.82) is 0 Å². The zero-order chi connectivity index (χ0) is 13.5. The van der Waals surface area contributed by atoms with Crippen LogP contribution in [0, 0.1) is 5.92 Å². The van der Waals surface area contributed by atoms with Gasteiger partial charge < -0.3 is 0 Å². The molecule has 2 unspecified atom stereocenters. The number of thioether (sulfide) groups is 1. The van der Waals surface area contributed by atoms with Crippen LogP contribution >= 0.6 is 34.4 Å². The Hall–Kier alpha value is -0.740. The minimum Gasteiger partial charge on any atom is -0.116 e. The molecule has 1 saturated heterocycles. The van der Waals surface area contributed by atoms with Crippen LogP contribution in [0.25, 0.3) is 5.57 Å². The average Bonchev–Trinajstić information content (AvgIpc) is 2.88. The van der Waals surface area contributed by atoms with E-state index in [4.69, 9.17) is 0 Å². The van der Waals surface area contributed by atoms with E-state index in [0.717, 1.165) is 0 Å². The summed E-state index contributed by atoms with van der Waals surface area (Å²) in [6.07, 6.45) is 11.8. The summed E-state index contributed by atoms with van der Waals surface area (Å²) < 4.78 is 1.56. The maximum absolute atomic E-state index is 2.54. The fourth-order valence-electron chi connectivity index (χ4n) is 3.23. The molecule has 20 heavy (non-hydrogen) atoms. The maximum Gasteiger partial charge on any atom is 0.0454 e. The van der Waals surface area contributed by atoms with Crippen molar-refractivity contribution in [2.75, 3.05) is 0 Å². The third-order valence-corrected chi connectivity index (χ3v) is 7.14. The van der Waals surface area contributed by atoms with Gasteiger partial charge in [-0.15, -0.1) is 11.8 Å². The van der Waals surface area contributed by atoms with E-state index in [0.29, 0.717) is 11.2 Å². The van der Waals surface area contributed by atoms with Gasteiger partial charge in [-0.25, -0.2) is 0 Å². The molecule has 3 aliphatic rings. The predicted molar refractivity (Wildman–Crippen MR) is 96.8 cm³/mol. The topological polar surface area (TPSA) is 0 Å². The number of allylic oxidation sites excluding steroid dienone is 6. The molecule has 0 saturated carbocycles. The third-order valence-electron chi connectivity index (χ3n) is 4.17. The van der Waals surface area contributed by atoms with Crippen molar-refractivity contribution in [3.8, 4) is 0 Å². The summed E-state index contributed by atoms with van der Waals surface area (Å²) in [4.78, 5) is 1.56. The second-order valence-electron chi connectivity index (χ2n) is 5.37. The summed E-state index contributed by atoms with van der Waals surface area (Å²) in [7, 11) is 0. The smallest absolute Gasteiger partial charge is 0.0454 e. The normalized spacial score (nSPS) is 27.9. The van der Waals surface area contributed by atoms with Gasteiger partial charge in [0.25, 0.3) is 0 Å². The quantitative estimate of drug-likeness (QED) is 0.552. The standard InChI is InChI=1S/C18H15IS/c19-16-11-5-10-15-14-9-4-8-13(17(14)20-18(15)16)12-6-2-1-3-7-12/h1-4,6-10,14,17H,5,11H2. The highest BCUT2D eigenvalue weighted by atomic mass is 127. The first-order chi connectivity index (χ1) is 9.84. The first kappa shape index (κ1) is 13.0. The van der Waals surface area contributed by atoms with Crippen molar-refractivity contribution in [2.45, 2.75) is 18.1 Å². The van der Waals surface area contributed by atoms with Crippen LogP contribution in [-0.4, -0.2) is 5.25 Å². The summed E-state index contributed by atoms with van der Waals surface area (Å²) in [6, 6.07) is 10.8. The van der Waals surface area contributed by atoms with Gasteiger partial charge in [0.1, 0.15) is 0 Å². The second kappa shape index (κ2) is 5.23. The number of halogens is 1. The summed E-state index contributed by atoms with van der Waals surface area (Å²) >= 11 is 4.62. The zero-order valence-corrected chi connectivity index (χ0v) is 14.0. The Bertz CT molecular complexity index is 664. The molecule has 1 aromatic rings. The third kappa shape index (κ3) is 2.04. The molecule has 2 aliphatic carbocycles. The summed E-state index contributed by atoms with van der Waals surface area (Å²) in [5.41, 5.74) is 4.43. The highest BCUT2D eigenvalue weighted by Crippen LogP contribution is 2.56. The minimum atomic E-state index is 0.562. The predicted octanol–water partition coefficient (Wildman–Crippen LogP) is 5.74. The lowest BCUT2D eigenvalue weighted by Gasteiger charge is -2.23. The monoisotopic (exact) mass is 390 g/mol. The summed E-state index contributed by atoms with van der Waals surface area (Å²) in [5, 5.41) is 0.562. The SMILES string of the molecule is IC1=C2SC3C(c4ccccc4)=CC=CC3C2=CCC1. The van der Waals surface area contributed by atoms with Gasteiger partial charge >= 0.3 is 0 Å². The van der Waals surface area contributed by atoms with Gasteiger partial charge in [-0.2, -0.15) is 0 Å². The van der Waals surface area contributed by atoms with Gasteiger partial charge in [-0.3, -0.25) is 0 Å². The van der Waals surface area contributed by atoms with Crippen LogP contribution in [0.15, 0.2) is 68.7 Å². The van der Waals surface area contributed by atoms with Gasteiger partial charge in [-0.05, 0) is 52.1 Å². The largest absolute Gasteiger partial charge is 0.116 e. The molecule has 0 bridgehead atoms. The molecule has 0 amide bonds. The Morgan fingerprint density at radius 3 is 2.80 bits per heavy atom. The Kier molecular flexibility index (Phi) is 3.39. The number of hydrogen-bond acceptors (Lipinski definition) is 1. The molecule has 1 aliphatic heterocycles. The van der Waals surface area contributed by atoms with E-state index in [-0.39, 0.29) is 0 Å². The van der Waals surface area contributed by atoms with Crippen molar-refractivity contribution in [2.24, 2.45) is 5.92 Å². The summed E-state index contributed by atoms with van der Waals surface area (Å²) in [6.45, 7) is 0. The number of benzene rings is 1. The number of fused-ring (bicyclic) bond motifs is 3. The van der Waals surface area contributed by atoms with E-state index >= 15 is 0 Å². The van der Waals surface area contributed by atoms with E-state index < -0.39 is 0 Å². The molecule has 0 aromatic heterocycles. The lowest BCUT2D eigenvalue weighted by molar-refractivity contribution is 0.815. The van der Waals surface area contributed by atoms with Crippen LogP contribution in [0.5, 0.6) is 0 Å². The van der Waals surface area contributed by atoms with E-state index in [1.165, 1.54) is 24.0 Å². The molecular formula is C18H15IS.